The number of hydrogen-bond acceptors (Lipinski definition) is 2. The molecule has 58 valence electrons. The monoisotopic (exact) mass is 157 g/mol. The van der Waals surface area contributed by atoms with Crippen LogP contribution < -0.4 is 0 Å². The molecule has 1 aliphatic carbocycles. The third-order valence-electron chi connectivity index (χ3n) is 2.26. The van der Waals surface area contributed by atoms with Crippen LogP contribution in [0.4, 0.5) is 0 Å². The molecule has 1 aliphatic rings. The zero-order valence-electron chi connectivity index (χ0n) is 6.45. The maximum Gasteiger partial charge on any atom is 0.226 e. The molecule has 0 atom stereocenters. The molecule has 2 heterocycles. The number of allylic oxidation sites excluding steroid dienone is 1. The van der Waals surface area contributed by atoms with Gasteiger partial charge in [-0.2, -0.15) is 0 Å². The van der Waals surface area contributed by atoms with Gasteiger partial charge in [0.05, 0.1) is 6.26 Å². The first-order chi connectivity index (χ1) is 5.95. The molecule has 2 nitrogen and oxygen atoms in total. The van der Waals surface area contributed by atoms with Gasteiger partial charge in [0.15, 0.2) is 0 Å². The molecular weight excluding hydrogens is 150 g/mol. The Morgan fingerprint density at radius 3 is 3.42 bits per heavy atom. The number of rotatable bonds is 0. The largest absolute Gasteiger partial charge is 0.446 e. The summed E-state index contributed by atoms with van der Waals surface area (Å²) in [7, 11) is 0. The van der Waals surface area contributed by atoms with E-state index in [4.69, 9.17) is 4.42 Å². The van der Waals surface area contributed by atoms with Gasteiger partial charge in [-0.1, -0.05) is 12.2 Å². The molecule has 0 N–H and O–H groups in total. The van der Waals surface area contributed by atoms with Crippen LogP contribution in [-0.2, 0) is 6.42 Å². The zero-order valence-corrected chi connectivity index (χ0v) is 6.45. The van der Waals surface area contributed by atoms with E-state index in [2.05, 4.69) is 17.1 Å². The molecule has 3 rings (SSSR count). The molecule has 0 saturated carbocycles. The average molecular weight is 157 g/mol. The molecule has 0 aliphatic heterocycles. The summed E-state index contributed by atoms with van der Waals surface area (Å²) in [6.07, 6.45) is 8.82. The van der Waals surface area contributed by atoms with E-state index < -0.39 is 0 Å². The van der Waals surface area contributed by atoms with Crippen molar-refractivity contribution in [2.45, 2.75) is 6.42 Å². The minimum atomic E-state index is 0.748. The molecule has 2 heteroatoms. The number of nitrogens with zero attached hydrogens (tertiary/aromatic N) is 1. The first-order valence-electron chi connectivity index (χ1n) is 3.97. The van der Waals surface area contributed by atoms with E-state index in [1.807, 2.05) is 12.3 Å². The highest BCUT2D eigenvalue weighted by Crippen LogP contribution is 2.26. The lowest BCUT2D eigenvalue weighted by Crippen LogP contribution is -1.84. The molecule has 12 heavy (non-hydrogen) atoms. The van der Waals surface area contributed by atoms with Crippen molar-refractivity contribution in [3.8, 4) is 0 Å². The van der Waals surface area contributed by atoms with Gasteiger partial charge in [0.2, 0.25) is 5.71 Å². The molecule has 0 radical (unpaired) electrons. The average Bonchev–Trinajstić information content (AvgIpc) is 2.71. The first-order valence-corrected chi connectivity index (χ1v) is 3.97. The number of pyridine rings is 1. The summed E-state index contributed by atoms with van der Waals surface area (Å²) in [6, 6.07) is 1.98. The SMILES string of the molecule is C1=Cc2cnc3occc3c2C1. The molecule has 0 aromatic carbocycles. The summed E-state index contributed by atoms with van der Waals surface area (Å²) in [5, 5.41) is 1.15. The van der Waals surface area contributed by atoms with Crippen LogP contribution in [0.25, 0.3) is 17.2 Å². The fourth-order valence-electron chi connectivity index (χ4n) is 1.67. The van der Waals surface area contributed by atoms with Crippen LogP contribution in [-0.4, -0.2) is 4.98 Å². The van der Waals surface area contributed by atoms with Crippen LogP contribution in [0.15, 0.2) is 29.0 Å². The second-order valence-corrected chi connectivity index (χ2v) is 2.94. The fourth-order valence-corrected chi connectivity index (χ4v) is 1.67. The van der Waals surface area contributed by atoms with Crippen LogP contribution in [0.3, 0.4) is 0 Å². The van der Waals surface area contributed by atoms with E-state index in [-0.39, 0.29) is 0 Å². The highest BCUT2D eigenvalue weighted by Gasteiger charge is 2.10. The Kier molecular flexibility index (Phi) is 0.987. The van der Waals surface area contributed by atoms with E-state index in [1.165, 1.54) is 11.1 Å². The predicted octanol–water partition coefficient (Wildman–Crippen LogP) is 2.40. The normalized spacial score (nSPS) is 14.0. The second-order valence-electron chi connectivity index (χ2n) is 2.94. The van der Waals surface area contributed by atoms with Crippen molar-refractivity contribution in [2.75, 3.05) is 0 Å². The molecule has 0 spiro atoms. The van der Waals surface area contributed by atoms with Crippen LogP contribution in [0.5, 0.6) is 0 Å². The molecule has 2 aromatic heterocycles. The fraction of sp³-hybridized carbons (Fsp3) is 0.100. The van der Waals surface area contributed by atoms with Gasteiger partial charge in [0.25, 0.3) is 0 Å². The maximum atomic E-state index is 5.20. The number of hydrogen-bond donors (Lipinski definition) is 0. The van der Waals surface area contributed by atoms with Crippen molar-refractivity contribution < 1.29 is 4.42 Å². The summed E-state index contributed by atoms with van der Waals surface area (Å²) in [5.41, 5.74) is 3.31. The summed E-state index contributed by atoms with van der Waals surface area (Å²) < 4.78 is 5.20. The van der Waals surface area contributed by atoms with Gasteiger partial charge in [-0.25, -0.2) is 4.98 Å². The van der Waals surface area contributed by atoms with Crippen molar-refractivity contribution in [3.05, 3.63) is 35.7 Å². The Morgan fingerprint density at radius 1 is 1.42 bits per heavy atom. The smallest absolute Gasteiger partial charge is 0.226 e. The predicted molar refractivity (Wildman–Crippen MR) is 46.7 cm³/mol. The lowest BCUT2D eigenvalue weighted by atomic mass is 10.1. The van der Waals surface area contributed by atoms with E-state index in [9.17, 15) is 0 Å². The van der Waals surface area contributed by atoms with Crippen molar-refractivity contribution >= 4 is 17.2 Å². The molecule has 0 fully saturated rings. The van der Waals surface area contributed by atoms with E-state index in [0.717, 1.165) is 17.5 Å². The lowest BCUT2D eigenvalue weighted by molar-refractivity contribution is 0.603. The molecular formula is C10H7NO. The van der Waals surface area contributed by atoms with Crippen LogP contribution in [0.1, 0.15) is 11.1 Å². The maximum absolute atomic E-state index is 5.20. The Hall–Kier alpha value is -1.57. The van der Waals surface area contributed by atoms with Gasteiger partial charge < -0.3 is 4.42 Å². The van der Waals surface area contributed by atoms with Gasteiger partial charge in [0.1, 0.15) is 0 Å². The summed E-state index contributed by atoms with van der Waals surface area (Å²) in [4.78, 5) is 4.19. The lowest BCUT2D eigenvalue weighted by Gasteiger charge is -1.97. The van der Waals surface area contributed by atoms with E-state index in [0.29, 0.717) is 0 Å². The quantitative estimate of drug-likeness (QED) is 0.586. The van der Waals surface area contributed by atoms with Crippen molar-refractivity contribution in [1.29, 1.82) is 0 Å². The molecule has 0 amide bonds. The standard InChI is InChI=1S/C10H7NO/c1-2-7-6-11-10-9(4-5-12-10)8(7)3-1/h1-2,4-6H,3H2. The van der Waals surface area contributed by atoms with Gasteiger partial charge >= 0.3 is 0 Å². The minimum absolute atomic E-state index is 0.748. The van der Waals surface area contributed by atoms with Crippen LogP contribution >= 0.6 is 0 Å². The molecule has 0 saturated heterocycles. The van der Waals surface area contributed by atoms with Gasteiger partial charge in [-0.3, -0.25) is 0 Å². The third-order valence-corrected chi connectivity index (χ3v) is 2.26. The number of fused-ring (bicyclic) bond motifs is 3. The van der Waals surface area contributed by atoms with E-state index in [1.54, 1.807) is 6.26 Å². The number of furan rings is 1. The van der Waals surface area contributed by atoms with E-state index >= 15 is 0 Å². The number of aromatic nitrogens is 1. The summed E-state index contributed by atoms with van der Waals surface area (Å²) in [6.45, 7) is 0. The Bertz CT molecular complexity index is 468. The minimum Gasteiger partial charge on any atom is -0.446 e. The second kappa shape index (κ2) is 1.97. The van der Waals surface area contributed by atoms with Gasteiger partial charge in [0, 0.05) is 11.6 Å². The Morgan fingerprint density at radius 2 is 2.42 bits per heavy atom. The summed E-state index contributed by atoms with van der Waals surface area (Å²) >= 11 is 0. The van der Waals surface area contributed by atoms with Gasteiger partial charge in [-0.15, -0.1) is 0 Å². The van der Waals surface area contributed by atoms with Gasteiger partial charge in [-0.05, 0) is 23.6 Å². The molecule has 0 bridgehead atoms. The molecule has 0 unspecified atom stereocenters. The van der Waals surface area contributed by atoms with Crippen molar-refractivity contribution in [1.82, 2.24) is 4.98 Å². The molecule has 2 aromatic rings. The highest BCUT2D eigenvalue weighted by molar-refractivity contribution is 5.83. The van der Waals surface area contributed by atoms with Crippen molar-refractivity contribution in [3.63, 3.8) is 0 Å². The zero-order chi connectivity index (χ0) is 7.97. The van der Waals surface area contributed by atoms with Crippen LogP contribution in [0.2, 0.25) is 0 Å². The summed E-state index contributed by atoms with van der Waals surface area (Å²) in [5.74, 6) is 0. The third kappa shape index (κ3) is 0.619. The first kappa shape index (κ1) is 6.00. The van der Waals surface area contributed by atoms with Crippen molar-refractivity contribution in [2.24, 2.45) is 0 Å². The Balaban J connectivity index is 2.49. The highest BCUT2D eigenvalue weighted by atomic mass is 16.3. The van der Waals surface area contributed by atoms with Crippen LogP contribution in [0, 0.1) is 0 Å². The Labute approximate surface area is 69.5 Å². The topological polar surface area (TPSA) is 26.0 Å².